The molecule has 0 aliphatic heterocycles. The molecule has 0 aliphatic carbocycles. The largest absolute Gasteiger partial charge is 0.478 e. The number of nitrogens with one attached hydrogen (secondary N) is 1. The molecule has 0 saturated heterocycles. The van der Waals surface area contributed by atoms with Crippen molar-refractivity contribution in [2.24, 2.45) is 0 Å². The highest BCUT2D eigenvalue weighted by molar-refractivity contribution is 5.94. The Kier molecular flexibility index (Phi) is 5.29. The fourth-order valence-corrected chi connectivity index (χ4v) is 1.80. The number of aromatic nitrogens is 2. The number of ether oxygens (including phenoxy) is 1. The molecule has 0 aliphatic rings. The van der Waals surface area contributed by atoms with E-state index in [9.17, 15) is 14.0 Å². The first-order chi connectivity index (χ1) is 11.0. The number of aryl methyl sites for hydroxylation is 1. The molecule has 122 valence electrons. The third kappa shape index (κ3) is 4.53. The summed E-state index contributed by atoms with van der Waals surface area (Å²) >= 11 is 0. The second-order valence-electron chi connectivity index (χ2n) is 4.69. The highest BCUT2D eigenvalue weighted by Gasteiger charge is 2.21. The van der Waals surface area contributed by atoms with Crippen LogP contribution in [-0.2, 0) is 11.3 Å². The Hall–Kier alpha value is -2.90. The van der Waals surface area contributed by atoms with E-state index in [1.54, 1.807) is 10.9 Å². The lowest BCUT2D eigenvalue weighted by atomic mass is 10.3. The molecular formula is C15H16FN3O4. The zero-order valence-corrected chi connectivity index (χ0v) is 12.4. The summed E-state index contributed by atoms with van der Waals surface area (Å²) in [6, 6.07) is 4.95. The van der Waals surface area contributed by atoms with Crippen molar-refractivity contribution in [3.8, 4) is 5.75 Å². The molecular weight excluding hydrogens is 305 g/mol. The van der Waals surface area contributed by atoms with E-state index in [4.69, 9.17) is 9.84 Å². The number of rotatable bonds is 7. The summed E-state index contributed by atoms with van der Waals surface area (Å²) in [4.78, 5) is 23.1. The number of nitrogens with zero attached hydrogens (tertiary/aromatic N) is 2. The van der Waals surface area contributed by atoms with Gasteiger partial charge in [0.1, 0.15) is 11.6 Å². The van der Waals surface area contributed by atoms with Gasteiger partial charge in [0.2, 0.25) is 6.10 Å². The van der Waals surface area contributed by atoms with E-state index in [1.807, 2.05) is 6.92 Å². The van der Waals surface area contributed by atoms with E-state index in [0.717, 1.165) is 12.1 Å². The van der Waals surface area contributed by atoms with Gasteiger partial charge in [-0.15, -0.1) is 0 Å². The molecule has 2 N–H and O–H groups in total. The number of carboxylic acid groups (broad SMARTS) is 1. The van der Waals surface area contributed by atoms with Gasteiger partial charge in [0.15, 0.2) is 0 Å². The van der Waals surface area contributed by atoms with Crippen molar-refractivity contribution in [2.75, 3.05) is 6.54 Å². The van der Waals surface area contributed by atoms with Crippen LogP contribution in [0.15, 0.2) is 36.7 Å². The summed E-state index contributed by atoms with van der Waals surface area (Å²) in [5.74, 6) is -1.94. The minimum atomic E-state index is -1.29. The maximum atomic E-state index is 12.8. The van der Waals surface area contributed by atoms with Crippen LogP contribution in [0.4, 0.5) is 4.39 Å². The average Bonchev–Trinajstić information content (AvgIpc) is 3.01. The van der Waals surface area contributed by atoms with E-state index < -0.39 is 23.8 Å². The molecule has 0 bridgehead atoms. The number of aliphatic carboxylic acids is 1. The number of benzene rings is 1. The molecule has 7 nitrogen and oxygen atoms in total. The number of carboxylic acids is 1. The van der Waals surface area contributed by atoms with Crippen molar-refractivity contribution < 1.29 is 23.8 Å². The van der Waals surface area contributed by atoms with Gasteiger partial charge in [0.05, 0.1) is 18.3 Å². The van der Waals surface area contributed by atoms with Crippen LogP contribution in [0.3, 0.4) is 0 Å². The van der Waals surface area contributed by atoms with Crippen LogP contribution < -0.4 is 10.1 Å². The van der Waals surface area contributed by atoms with Gasteiger partial charge in [-0.3, -0.25) is 9.48 Å². The van der Waals surface area contributed by atoms with Crippen molar-refractivity contribution in [2.45, 2.75) is 19.6 Å². The van der Waals surface area contributed by atoms with Gasteiger partial charge >= 0.3 is 5.97 Å². The van der Waals surface area contributed by atoms with E-state index >= 15 is 0 Å². The highest BCUT2D eigenvalue weighted by atomic mass is 19.1. The Balaban J connectivity index is 1.95. The topological polar surface area (TPSA) is 93.5 Å². The van der Waals surface area contributed by atoms with Crippen LogP contribution in [0.25, 0.3) is 0 Å². The first kappa shape index (κ1) is 16.5. The second kappa shape index (κ2) is 7.39. The molecule has 2 rings (SSSR count). The lowest BCUT2D eigenvalue weighted by Crippen LogP contribution is -2.40. The summed E-state index contributed by atoms with van der Waals surface area (Å²) in [5.41, 5.74) is 0.331. The molecule has 8 heteroatoms. The quantitative estimate of drug-likeness (QED) is 0.802. The summed E-state index contributed by atoms with van der Waals surface area (Å²) in [5, 5.41) is 15.6. The normalized spacial score (nSPS) is 11.7. The smallest absolute Gasteiger partial charge is 0.346 e. The SMILES string of the molecule is CCn1cc(C(=O)NCC(Oc2ccc(F)cc2)C(=O)O)cn1. The van der Waals surface area contributed by atoms with Crippen molar-refractivity contribution in [3.05, 3.63) is 48.0 Å². The van der Waals surface area contributed by atoms with Crippen molar-refractivity contribution in [3.63, 3.8) is 0 Å². The molecule has 1 unspecified atom stereocenters. The van der Waals surface area contributed by atoms with Gasteiger partial charge in [0, 0.05) is 12.7 Å². The third-order valence-electron chi connectivity index (χ3n) is 3.03. The van der Waals surface area contributed by atoms with Crippen molar-refractivity contribution >= 4 is 11.9 Å². The van der Waals surface area contributed by atoms with E-state index in [2.05, 4.69) is 10.4 Å². The van der Waals surface area contributed by atoms with E-state index in [-0.39, 0.29) is 12.3 Å². The Morgan fingerprint density at radius 3 is 2.65 bits per heavy atom. The first-order valence-corrected chi connectivity index (χ1v) is 6.95. The lowest BCUT2D eigenvalue weighted by Gasteiger charge is -2.15. The second-order valence-corrected chi connectivity index (χ2v) is 4.69. The van der Waals surface area contributed by atoms with Crippen LogP contribution >= 0.6 is 0 Å². The van der Waals surface area contributed by atoms with Gasteiger partial charge < -0.3 is 15.2 Å². The van der Waals surface area contributed by atoms with Crippen LogP contribution in [0.5, 0.6) is 5.75 Å². The molecule has 0 fully saturated rings. The zero-order valence-electron chi connectivity index (χ0n) is 12.4. The monoisotopic (exact) mass is 321 g/mol. The third-order valence-corrected chi connectivity index (χ3v) is 3.03. The van der Waals surface area contributed by atoms with E-state index in [0.29, 0.717) is 12.1 Å². The fourth-order valence-electron chi connectivity index (χ4n) is 1.80. The number of carbonyl (C=O) groups excluding carboxylic acids is 1. The Morgan fingerprint density at radius 1 is 1.39 bits per heavy atom. The Labute approximate surface area is 131 Å². The van der Waals surface area contributed by atoms with E-state index in [1.165, 1.54) is 18.3 Å². The van der Waals surface area contributed by atoms with Gasteiger partial charge in [-0.1, -0.05) is 0 Å². The fraction of sp³-hybridized carbons (Fsp3) is 0.267. The summed E-state index contributed by atoms with van der Waals surface area (Å²) < 4.78 is 19.6. The molecule has 2 aromatic rings. The Morgan fingerprint density at radius 2 is 2.09 bits per heavy atom. The first-order valence-electron chi connectivity index (χ1n) is 6.95. The number of halogens is 1. The average molecular weight is 321 g/mol. The van der Waals surface area contributed by atoms with Gasteiger partial charge in [-0.25, -0.2) is 9.18 Å². The van der Waals surface area contributed by atoms with Gasteiger partial charge in [0.25, 0.3) is 5.91 Å². The molecule has 1 aromatic carbocycles. The standard InChI is InChI=1S/C15H16FN3O4/c1-2-19-9-10(7-18-19)14(20)17-8-13(15(21)22)23-12-5-3-11(16)4-6-12/h3-7,9,13H,2,8H2,1H3,(H,17,20)(H,21,22). The number of hydrogen-bond donors (Lipinski definition) is 2. The molecule has 23 heavy (non-hydrogen) atoms. The molecule has 1 heterocycles. The van der Waals surface area contributed by atoms with Crippen LogP contribution in [0.1, 0.15) is 17.3 Å². The van der Waals surface area contributed by atoms with Crippen LogP contribution in [0, 0.1) is 5.82 Å². The summed E-state index contributed by atoms with van der Waals surface area (Å²) in [6.45, 7) is 2.27. The van der Waals surface area contributed by atoms with Gasteiger partial charge in [-0.05, 0) is 31.2 Å². The minimum Gasteiger partial charge on any atom is -0.478 e. The maximum absolute atomic E-state index is 12.8. The molecule has 1 amide bonds. The molecule has 0 radical (unpaired) electrons. The molecule has 1 aromatic heterocycles. The van der Waals surface area contributed by atoms with Crippen LogP contribution in [-0.4, -0.2) is 39.4 Å². The highest BCUT2D eigenvalue weighted by Crippen LogP contribution is 2.13. The molecule has 0 saturated carbocycles. The molecule has 0 spiro atoms. The van der Waals surface area contributed by atoms with Crippen molar-refractivity contribution in [1.82, 2.24) is 15.1 Å². The predicted molar refractivity (Wildman–Crippen MR) is 78.7 cm³/mol. The lowest BCUT2D eigenvalue weighted by molar-refractivity contribution is -0.144. The number of amides is 1. The maximum Gasteiger partial charge on any atom is 0.346 e. The number of hydrogen-bond acceptors (Lipinski definition) is 4. The van der Waals surface area contributed by atoms with Crippen LogP contribution in [0.2, 0.25) is 0 Å². The summed E-state index contributed by atoms with van der Waals surface area (Å²) in [6.07, 6.45) is 1.67. The predicted octanol–water partition coefficient (Wildman–Crippen LogP) is 1.30. The zero-order chi connectivity index (χ0) is 16.8. The number of carbonyl (C=O) groups is 2. The Bertz CT molecular complexity index is 684. The minimum absolute atomic E-state index is 0.201. The summed E-state index contributed by atoms with van der Waals surface area (Å²) in [7, 11) is 0. The van der Waals surface area contributed by atoms with Gasteiger partial charge in [-0.2, -0.15) is 5.10 Å². The molecule has 1 atom stereocenters. The van der Waals surface area contributed by atoms with Crippen molar-refractivity contribution in [1.29, 1.82) is 0 Å².